The maximum atomic E-state index is 15.3. The molecule has 4 fully saturated rings. The molecule has 9 amide bonds. The first-order valence-corrected chi connectivity index (χ1v) is 33.2. The van der Waals surface area contributed by atoms with Gasteiger partial charge >= 0.3 is 12.2 Å². The smallest absolute Gasteiger partial charge is 0.408 e. The zero-order chi connectivity index (χ0) is 67.3. The van der Waals surface area contributed by atoms with Crippen LogP contribution in [0.2, 0.25) is 0 Å². The number of carbonyl (C=O) groups is 9. The molecule has 7 N–H and O–H groups in total. The van der Waals surface area contributed by atoms with Crippen molar-refractivity contribution in [3.05, 3.63) is 155 Å². The molecule has 502 valence electrons. The number of aromatic nitrogens is 3. The second-order valence-corrected chi connectivity index (χ2v) is 27.1. The summed E-state index contributed by atoms with van der Waals surface area (Å²) in [5.74, 6) is -4.30. The van der Waals surface area contributed by atoms with Crippen LogP contribution >= 0.6 is 0 Å². The molecule has 0 spiro atoms. The lowest BCUT2D eigenvalue weighted by molar-refractivity contribution is -0.144. The van der Waals surface area contributed by atoms with E-state index in [-0.39, 0.29) is 68.6 Å². The molecular weight excluding hydrogens is 1200 g/mol. The summed E-state index contributed by atoms with van der Waals surface area (Å²) in [5, 5.41) is 29.6. The third-order valence-electron chi connectivity index (χ3n) is 18.0. The van der Waals surface area contributed by atoms with Crippen LogP contribution in [0.15, 0.2) is 128 Å². The summed E-state index contributed by atoms with van der Waals surface area (Å²) in [6.45, 7) is 13.9. The number of nitrogens with one attached hydrogen (secondary N) is 7. The number of nitrogens with zero attached hydrogens (tertiary/aromatic N) is 5. The van der Waals surface area contributed by atoms with E-state index < -0.39 is 107 Å². The van der Waals surface area contributed by atoms with E-state index >= 15 is 9.59 Å². The Kier molecular flexibility index (Phi) is 23.0. The first kappa shape index (κ1) is 69.2. The molecule has 94 heavy (non-hydrogen) atoms. The van der Waals surface area contributed by atoms with Gasteiger partial charge in [0.15, 0.2) is 0 Å². The van der Waals surface area contributed by atoms with Crippen LogP contribution in [0, 0.1) is 11.8 Å². The van der Waals surface area contributed by atoms with Gasteiger partial charge in [0.1, 0.15) is 47.5 Å². The lowest BCUT2D eigenvalue weighted by atomic mass is 9.92. The molecule has 10 atom stereocenters. The van der Waals surface area contributed by atoms with Crippen LogP contribution in [0.3, 0.4) is 0 Å². The molecule has 0 saturated carbocycles. The number of fused-ring (bicyclic) bond motifs is 2. The van der Waals surface area contributed by atoms with Gasteiger partial charge in [0.05, 0.1) is 17.8 Å². The van der Waals surface area contributed by atoms with Crippen molar-refractivity contribution in [3.63, 3.8) is 0 Å². The van der Waals surface area contributed by atoms with Gasteiger partial charge in [0, 0.05) is 56.0 Å². The number of aryl methyl sites for hydroxylation is 1. The van der Waals surface area contributed by atoms with Gasteiger partial charge in [-0.2, -0.15) is 0 Å². The summed E-state index contributed by atoms with van der Waals surface area (Å²) in [6, 6.07) is 30.6. The second-order valence-electron chi connectivity index (χ2n) is 27.1. The number of hydrogen-bond acceptors (Lipinski definition) is 13. The molecular formula is C71H92N12O11. The first-order chi connectivity index (χ1) is 45.0. The number of benzene rings is 4. The van der Waals surface area contributed by atoms with Crippen LogP contribution in [-0.2, 0) is 56.0 Å². The number of rotatable bonds is 23. The predicted octanol–water partition coefficient (Wildman–Crippen LogP) is 7.25. The third kappa shape index (κ3) is 17.9. The zero-order valence-electron chi connectivity index (χ0n) is 55.2. The Bertz CT molecular complexity index is 3350. The fourth-order valence-electron chi connectivity index (χ4n) is 13.4. The SMILES string of the molecule is CC[C@H](NC(=O)OC(C)(C)C)C(=O)N[C@@H]1C(=O)N2[C@@H](CC[C@@H]1CNC(=O)CCc1cn(C[C@H]3CC[C@H]4CC[C@@H](C(=O)NC(c5ccccc5)c5ccccc5)N4C(=O)[C@H]3NC(=O)[C@H](CC)NC(=O)OC(C)(C)C)nn1)CC[C@H]2C(=O)NC(c1ccccc1)c1ccccc1. The summed E-state index contributed by atoms with van der Waals surface area (Å²) in [4.78, 5) is 131. The molecule has 4 aliphatic rings. The summed E-state index contributed by atoms with van der Waals surface area (Å²) in [7, 11) is 0. The van der Waals surface area contributed by atoms with Gasteiger partial charge in [-0.15, -0.1) is 5.10 Å². The maximum Gasteiger partial charge on any atom is 0.408 e. The molecule has 0 aliphatic carbocycles. The molecule has 5 aromatic rings. The lowest BCUT2D eigenvalue weighted by Gasteiger charge is -2.33. The molecule has 23 heteroatoms. The molecule has 5 heterocycles. The van der Waals surface area contributed by atoms with Crippen molar-refractivity contribution in [1.29, 1.82) is 0 Å². The Balaban J connectivity index is 0.889. The Hall–Kier alpha value is -9.15. The largest absolute Gasteiger partial charge is 0.444 e. The topological polar surface area (TPSA) is 293 Å². The third-order valence-corrected chi connectivity index (χ3v) is 18.0. The molecule has 0 radical (unpaired) electrons. The Labute approximate surface area is 550 Å². The van der Waals surface area contributed by atoms with Crippen molar-refractivity contribution in [2.75, 3.05) is 6.54 Å². The van der Waals surface area contributed by atoms with Crippen molar-refractivity contribution in [2.45, 2.75) is 211 Å². The number of amides is 9. The molecule has 4 aromatic carbocycles. The highest BCUT2D eigenvalue weighted by molar-refractivity contribution is 5.96. The maximum absolute atomic E-state index is 15.3. The lowest BCUT2D eigenvalue weighted by Crippen LogP contribution is -2.59. The van der Waals surface area contributed by atoms with Crippen molar-refractivity contribution >= 4 is 53.5 Å². The minimum atomic E-state index is -1.19. The number of carbonyl (C=O) groups excluding carboxylic acids is 9. The quantitative estimate of drug-likeness (QED) is 0.0339. The van der Waals surface area contributed by atoms with E-state index in [9.17, 15) is 33.6 Å². The van der Waals surface area contributed by atoms with E-state index in [1.807, 2.05) is 121 Å². The van der Waals surface area contributed by atoms with Crippen molar-refractivity contribution in [1.82, 2.24) is 62.0 Å². The molecule has 4 saturated heterocycles. The van der Waals surface area contributed by atoms with Crippen LogP contribution in [0.4, 0.5) is 9.59 Å². The van der Waals surface area contributed by atoms with Crippen molar-refractivity contribution < 1.29 is 52.6 Å². The van der Waals surface area contributed by atoms with Crippen molar-refractivity contribution in [3.8, 4) is 0 Å². The summed E-state index contributed by atoms with van der Waals surface area (Å²) < 4.78 is 12.5. The average molecular weight is 1290 g/mol. The van der Waals surface area contributed by atoms with Crippen LogP contribution in [-0.4, -0.2) is 144 Å². The van der Waals surface area contributed by atoms with Gasteiger partial charge in [-0.25, -0.2) is 9.59 Å². The average Bonchev–Trinajstić information content (AvgIpc) is 1.62. The number of alkyl carbamates (subject to hydrolysis) is 2. The van der Waals surface area contributed by atoms with Crippen LogP contribution in [0.5, 0.6) is 0 Å². The van der Waals surface area contributed by atoms with E-state index in [2.05, 4.69) is 47.5 Å². The number of hydrogen-bond donors (Lipinski definition) is 7. The highest BCUT2D eigenvalue weighted by atomic mass is 16.6. The van der Waals surface area contributed by atoms with Gasteiger partial charge in [0.2, 0.25) is 41.4 Å². The molecule has 9 rings (SSSR count). The summed E-state index contributed by atoms with van der Waals surface area (Å²) >= 11 is 0. The summed E-state index contributed by atoms with van der Waals surface area (Å²) in [6.07, 6.45) is 4.40. The normalized spacial score (nSPS) is 21.9. The highest BCUT2D eigenvalue weighted by Gasteiger charge is 2.50. The van der Waals surface area contributed by atoms with Gasteiger partial charge in [0.25, 0.3) is 0 Å². The van der Waals surface area contributed by atoms with E-state index in [0.717, 1.165) is 22.3 Å². The fourth-order valence-corrected chi connectivity index (χ4v) is 13.4. The van der Waals surface area contributed by atoms with Gasteiger partial charge < -0.3 is 56.5 Å². The van der Waals surface area contributed by atoms with Gasteiger partial charge in [-0.3, -0.25) is 38.2 Å². The standard InChI is InChI=1S/C71H92N12O11/c1-9-53(73-68(91)93-70(3,4)5)62(85)77-60-48(31-34-51-36-38-55(82(51)66(60)89)64(87)75-58(44-23-15-11-16-24-44)45-25-17-12-18-26-45)41-72-57(84)40-33-50-43-81(80-79-50)42-49-32-35-52-37-39-56(65(88)76-59(46-27-19-13-20-28-46)47-29-21-14-22-30-47)83(52)67(90)61(49)78-63(86)54(10-2)74-69(92)94-71(6,7)8/h11-30,43,48-49,51-56,58-61H,9-10,31-42H2,1-8H3,(H,72,84)(H,73,91)(H,74,92)(H,75,87)(H,76,88)(H,77,85)(H,78,86)/t48-,49-,51+,52+,53+,54+,55+,56+,60+,61+/m1/s1. The molecule has 4 aliphatic heterocycles. The number of ether oxygens (including phenoxy) is 2. The molecule has 1 aromatic heterocycles. The van der Waals surface area contributed by atoms with E-state index in [0.29, 0.717) is 57.1 Å². The Morgan fingerprint density at radius 2 is 0.904 bits per heavy atom. The van der Waals surface area contributed by atoms with E-state index in [1.54, 1.807) is 76.1 Å². The van der Waals surface area contributed by atoms with E-state index in [4.69, 9.17) is 9.47 Å². The molecule has 0 unspecified atom stereocenters. The van der Waals surface area contributed by atoms with Crippen LogP contribution in [0.25, 0.3) is 0 Å². The second kappa shape index (κ2) is 31.2. The summed E-state index contributed by atoms with van der Waals surface area (Å²) in [5.41, 5.74) is 2.27. The van der Waals surface area contributed by atoms with E-state index in [1.165, 1.54) is 0 Å². The van der Waals surface area contributed by atoms with Gasteiger partial charge in [-0.1, -0.05) is 140 Å². The predicted molar refractivity (Wildman–Crippen MR) is 351 cm³/mol. The first-order valence-electron chi connectivity index (χ1n) is 33.2. The Morgan fingerprint density at radius 1 is 0.521 bits per heavy atom. The van der Waals surface area contributed by atoms with Crippen LogP contribution in [0.1, 0.15) is 166 Å². The molecule has 23 nitrogen and oxygen atoms in total. The minimum absolute atomic E-state index is 0.00380. The zero-order valence-corrected chi connectivity index (χ0v) is 55.2. The monoisotopic (exact) mass is 1290 g/mol. The fraction of sp³-hybridized carbons (Fsp3) is 0.507. The molecule has 0 bridgehead atoms. The van der Waals surface area contributed by atoms with Gasteiger partial charge in [-0.05, 0) is 128 Å². The van der Waals surface area contributed by atoms with Crippen LogP contribution < -0.4 is 37.2 Å². The van der Waals surface area contributed by atoms with Crippen molar-refractivity contribution in [2.24, 2.45) is 11.8 Å². The highest BCUT2D eigenvalue weighted by Crippen LogP contribution is 2.37. The minimum Gasteiger partial charge on any atom is -0.444 e. The Morgan fingerprint density at radius 3 is 1.30 bits per heavy atom.